The summed E-state index contributed by atoms with van der Waals surface area (Å²) in [5.74, 6) is 0.577. The lowest BCUT2D eigenvalue weighted by Gasteiger charge is -2.16. The number of rotatable bonds is 4. The number of hydrogen-bond donors (Lipinski definition) is 1. The molecule has 1 N–H and O–H groups in total. The van der Waals surface area contributed by atoms with Crippen LogP contribution in [-0.4, -0.2) is 36.7 Å². The van der Waals surface area contributed by atoms with E-state index in [9.17, 15) is 5.11 Å². The number of aliphatic hydroxyl groups is 1. The van der Waals surface area contributed by atoms with Crippen LogP contribution in [0.15, 0.2) is 18.3 Å². The van der Waals surface area contributed by atoms with Crippen LogP contribution in [0.1, 0.15) is 18.2 Å². The highest BCUT2D eigenvalue weighted by molar-refractivity contribution is 5.28. The highest BCUT2D eigenvalue weighted by Crippen LogP contribution is 2.27. The lowest BCUT2D eigenvalue weighted by Crippen LogP contribution is -2.14. The Hall–Kier alpha value is -1.17. The monoisotopic (exact) mass is 225 g/mol. The van der Waals surface area contributed by atoms with E-state index >= 15 is 0 Å². The Balaban J connectivity index is 2.04. The maximum absolute atomic E-state index is 9.99. The van der Waals surface area contributed by atoms with Gasteiger partial charge in [-0.1, -0.05) is 0 Å². The lowest BCUT2D eigenvalue weighted by molar-refractivity contribution is -0.0716. The van der Waals surface area contributed by atoms with Gasteiger partial charge in [0.2, 0.25) is 0 Å². The minimum Gasteiger partial charge on any atom is -0.495 e. The van der Waals surface area contributed by atoms with Crippen LogP contribution < -0.4 is 4.74 Å². The fourth-order valence-corrected chi connectivity index (χ4v) is 1.66. The van der Waals surface area contributed by atoms with Crippen LogP contribution in [0, 0.1) is 0 Å². The zero-order valence-corrected chi connectivity index (χ0v) is 9.13. The third kappa shape index (κ3) is 2.49. The summed E-state index contributed by atoms with van der Waals surface area (Å²) in [6.07, 6.45) is 0.908. The summed E-state index contributed by atoms with van der Waals surface area (Å²) in [6, 6.07) is 3.53. The quantitative estimate of drug-likeness (QED) is 0.824. The Morgan fingerprint density at radius 2 is 2.31 bits per heavy atom. The molecule has 2 heterocycles. The van der Waals surface area contributed by atoms with Crippen molar-refractivity contribution in [1.29, 1.82) is 0 Å². The van der Waals surface area contributed by atoms with Crippen molar-refractivity contribution in [1.82, 2.24) is 4.98 Å². The van der Waals surface area contributed by atoms with Gasteiger partial charge in [-0.3, -0.25) is 4.98 Å². The first kappa shape index (κ1) is 11.3. The Morgan fingerprint density at radius 1 is 1.56 bits per heavy atom. The summed E-state index contributed by atoms with van der Waals surface area (Å²) in [6.45, 7) is 1.16. The molecule has 1 aliphatic rings. The average molecular weight is 225 g/mol. The van der Waals surface area contributed by atoms with Crippen molar-refractivity contribution in [3.63, 3.8) is 0 Å². The zero-order chi connectivity index (χ0) is 11.4. The number of pyridine rings is 1. The molecule has 0 aromatic carbocycles. The van der Waals surface area contributed by atoms with E-state index in [1.807, 2.05) is 0 Å². The molecule has 1 atom stereocenters. The van der Waals surface area contributed by atoms with Crippen molar-refractivity contribution in [3.8, 4) is 5.75 Å². The largest absolute Gasteiger partial charge is 0.495 e. The first-order valence-electron chi connectivity index (χ1n) is 5.21. The molecule has 2 rings (SSSR count). The van der Waals surface area contributed by atoms with Crippen molar-refractivity contribution >= 4 is 0 Å². The predicted octanol–water partition coefficient (Wildman–Crippen LogP) is 0.887. The van der Waals surface area contributed by atoms with Crippen LogP contribution in [0.25, 0.3) is 0 Å². The summed E-state index contributed by atoms with van der Waals surface area (Å²) in [4.78, 5) is 4.11. The van der Waals surface area contributed by atoms with Gasteiger partial charge in [0.25, 0.3) is 0 Å². The van der Waals surface area contributed by atoms with Crippen LogP contribution >= 0.6 is 0 Å². The predicted molar refractivity (Wildman–Crippen MR) is 56.1 cm³/mol. The number of nitrogens with zero attached hydrogens (tertiary/aromatic N) is 1. The normalized spacial score (nSPS) is 18.6. The van der Waals surface area contributed by atoms with E-state index in [4.69, 9.17) is 14.2 Å². The average Bonchev–Trinajstić information content (AvgIpc) is 2.81. The van der Waals surface area contributed by atoms with Crippen LogP contribution in [0.4, 0.5) is 0 Å². The zero-order valence-electron chi connectivity index (χ0n) is 9.13. The molecular weight excluding hydrogens is 210 g/mol. The van der Waals surface area contributed by atoms with Crippen molar-refractivity contribution in [3.05, 3.63) is 24.0 Å². The molecular formula is C11H15NO4. The standard InChI is InChI=1S/C11H15NO4/c1-14-9-3-2-4-12-11(9)8(13)7-10-15-5-6-16-10/h2-4,8,10,13H,5-7H2,1H3. The second-order valence-corrected chi connectivity index (χ2v) is 3.51. The molecule has 5 nitrogen and oxygen atoms in total. The van der Waals surface area contributed by atoms with Crippen LogP contribution in [0.2, 0.25) is 0 Å². The first-order chi connectivity index (χ1) is 7.81. The number of hydrogen-bond acceptors (Lipinski definition) is 5. The van der Waals surface area contributed by atoms with Gasteiger partial charge in [-0.2, -0.15) is 0 Å². The molecule has 1 aliphatic heterocycles. The topological polar surface area (TPSA) is 60.8 Å². The number of ether oxygens (including phenoxy) is 3. The minimum atomic E-state index is -0.737. The maximum atomic E-state index is 9.99. The van der Waals surface area contributed by atoms with E-state index in [0.717, 1.165) is 0 Å². The summed E-state index contributed by atoms with van der Waals surface area (Å²) in [5.41, 5.74) is 0.518. The number of methoxy groups -OCH3 is 1. The van der Waals surface area contributed by atoms with Gasteiger partial charge in [-0.05, 0) is 12.1 Å². The van der Waals surface area contributed by atoms with Crippen molar-refractivity contribution in [2.75, 3.05) is 20.3 Å². The molecule has 0 amide bonds. The van der Waals surface area contributed by atoms with Gasteiger partial charge in [0.05, 0.1) is 20.3 Å². The lowest BCUT2D eigenvalue weighted by atomic mass is 10.1. The van der Waals surface area contributed by atoms with Gasteiger partial charge in [0, 0.05) is 12.6 Å². The summed E-state index contributed by atoms with van der Waals surface area (Å²) >= 11 is 0. The fourth-order valence-electron chi connectivity index (χ4n) is 1.66. The van der Waals surface area contributed by atoms with Gasteiger partial charge in [-0.15, -0.1) is 0 Å². The second kappa shape index (κ2) is 5.25. The third-order valence-electron chi connectivity index (χ3n) is 2.44. The molecule has 0 spiro atoms. The number of aliphatic hydroxyl groups excluding tert-OH is 1. The van der Waals surface area contributed by atoms with Gasteiger partial charge < -0.3 is 19.3 Å². The molecule has 0 saturated carbocycles. The third-order valence-corrected chi connectivity index (χ3v) is 2.44. The second-order valence-electron chi connectivity index (χ2n) is 3.51. The van der Waals surface area contributed by atoms with E-state index in [-0.39, 0.29) is 6.29 Å². The van der Waals surface area contributed by atoms with Crippen molar-refractivity contribution in [2.45, 2.75) is 18.8 Å². The molecule has 0 radical (unpaired) electrons. The molecule has 1 saturated heterocycles. The van der Waals surface area contributed by atoms with Crippen molar-refractivity contribution < 1.29 is 19.3 Å². The molecule has 1 fully saturated rings. The summed E-state index contributed by atoms with van der Waals surface area (Å²) in [5, 5.41) is 9.99. The van der Waals surface area contributed by atoms with Crippen molar-refractivity contribution in [2.24, 2.45) is 0 Å². The molecule has 0 aliphatic carbocycles. The van der Waals surface area contributed by atoms with Gasteiger partial charge in [-0.25, -0.2) is 0 Å². The van der Waals surface area contributed by atoms with Gasteiger partial charge in [0.1, 0.15) is 17.5 Å². The molecule has 88 valence electrons. The van der Waals surface area contributed by atoms with Crippen LogP contribution in [-0.2, 0) is 9.47 Å². The summed E-state index contributed by atoms with van der Waals surface area (Å²) in [7, 11) is 1.55. The molecule has 1 aromatic heterocycles. The molecule has 1 unspecified atom stereocenters. The molecule has 1 aromatic rings. The van der Waals surface area contributed by atoms with Gasteiger partial charge >= 0.3 is 0 Å². The highest BCUT2D eigenvalue weighted by atomic mass is 16.7. The van der Waals surface area contributed by atoms with Gasteiger partial charge in [0.15, 0.2) is 6.29 Å². The highest BCUT2D eigenvalue weighted by Gasteiger charge is 2.23. The molecule has 5 heteroatoms. The van der Waals surface area contributed by atoms with E-state index in [2.05, 4.69) is 4.98 Å². The Morgan fingerprint density at radius 3 is 3.00 bits per heavy atom. The molecule has 16 heavy (non-hydrogen) atoms. The number of aromatic nitrogens is 1. The van der Waals surface area contributed by atoms with E-state index in [1.54, 1.807) is 25.4 Å². The Bertz CT molecular complexity index is 339. The van der Waals surface area contributed by atoms with Crippen LogP contribution in [0.5, 0.6) is 5.75 Å². The smallest absolute Gasteiger partial charge is 0.160 e. The van der Waals surface area contributed by atoms with E-state index in [0.29, 0.717) is 31.1 Å². The van der Waals surface area contributed by atoms with Crippen LogP contribution in [0.3, 0.4) is 0 Å². The van der Waals surface area contributed by atoms with E-state index in [1.165, 1.54) is 0 Å². The first-order valence-corrected chi connectivity index (χ1v) is 5.21. The minimum absolute atomic E-state index is 0.346. The fraction of sp³-hybridized carbons (Fsp3) is 0.545. The molecule has 0 bridgehead atoms. The van der Waals surface area contributed by atoms with E-state index < -0.39 is 6.10 Å². The SMILES string of the molecule is COc1cccnc1C(O)CC1OCCO1. The Labute approximate surface area is 94.0 Å². The maximum Gasteiger partial charge on any atom is 0.160 e. The Kier molecular flexibility index (Phi) is 3.71. The summed E-state index contributed by atoms with van der Waals surface area (Å²) < 4.78 is 15.7.